The Kier molecular flexibility index (Phi) is 38.2. The minimum Gasteiger partial charge on any atom is -0.457 e. The van der Waals surface area contributed by atoms with Crippen LogP contribution in [0, 0.1) is 0 Å². The molecule has 0 amide bonds. The number of aliphatic hydroxyl groups excluding tert-OH is 5. The molecule has 12 nitrogen and oxygen atoms in total. The predicted molar refractivity (Wildman–Crippen MR) is 253 cm³/mol. The topological polar surface area (TPSA) is 192 Å². The van der Waals surface area contributed by atoms with Crippen LogP contribution in [-0.2, 0) is 27.9 Å². The summed E-state index contributed by atoms with van der Waals surface area (Å²) < 4.78 is 34.3. The van der Waals surface area contributed by atoms with Gasteiger partial charge in [-0.25, -0.2) is 4.57 Å². The van der Waals surface area contributed by atoms with Gasteiger partial charge in [0.2, 0.25) is 0 Å². The fraction of sp³-hybridized carbons (Fsp3) is 0.820. The van der Waals surface area contributed by atoms with E-state index in [0.717, 1.165) is 77.0 Å². The van der Waals surface area contributed by atoms with Gasteiger partial charge in [0.15, 0.2) is 0 Å². The highest BCUT2D eigenvalue weighted by Crippen LogP contribution is 2.47. The third-order valence-electron chi connectivity index (χ3n) is 11.5. The van der Waals surface area contributed by atoms with E-state index in [-0.39, 0.29) is 13.0 Å². The number of esters is 1. The molecule has 13 heteroatoms. The molecule has 6 N–H and O–H groups in total. The summed E-state index contributed by atoms with van der Waals surface area (Å²) in [4.78, 5) is 23.2. The van der Waals surface area contributed by atoms with E-state index in [4.69, 9.17) is 18.5 Å². The van der Waals surface area contributed by atoms with Crippen LogP contribution in [0.4, 0.5) is 0 Å². The number of ether oxygens (including phenoxy) is 2. The van der Waals surface area contributed by atoms with E-state index in [9.17, 15) is 39.8 Å². The number of phosphoric acid groups is 1. The molecule has 6 atom stereocenters. The second-order valence-electron chi connectivity index (χ2n) is 17.3. The van der Waals surface area contributed by atoms with Gasteiger partial charge < -0.3 is 39.9 Å². The summed E-state index contributed by atoms with van der Waals surface area (Å²) in [6.45, 7) is 4.14. The molecule has 0 aliphatic heterocycles. The normalized spacial score (nSPS) is 22.2. The molecule has 0 heterocycles. The summed E-state index contributed by atoms with van der Waals surface area (Å²) >= 11 is 0. The second-order valence-corrected chi connectivity index (χ2v) is 18.7. The van der Waals surface area contributed by atoms with Gasteiger partial charge in [-0.2, -0.15) is 0 Å². The fourth-order valence-corrected chi connectivity index (χ4v) is 8.50. The lowest BCUT2D eigenvalue weighted by Crippen LogP contribution is -2.64. The molecule has 63 heavy (non-hydrogen) atoms. The quantitative estimate of drug-likeness (QED) is 0.0147. The Hall–Kier alpha value is -1.70. The number of phosphoric ester groups is 1. The minimum atomic E-state index is -5.02. The maximum absolute atomic E-state index is 12.8. The average molecular weight is 915 g/mol. The van der Waals surface area contributed by atoms with Gasteiger partial charge in [0, 0.05) is 13.0 Å². The van der Waals surface area contributed by atoms with Crippen LogP contribution < -0.4 is 0 Å². The number of aliphatic hydroxyl groups is 5. The Morgan fingerprint density at radius 3 is 1.43 bits per heavy atom. The second kappa shape index (κ2) is 40.6. The monoisotopic (exact) mass is 915 g/mol. The minimum absolute atomic E-state index is 0.0830. The van der Waals surface area contributed by atoms with Crippen LogP contribution in [0.2, 0.25) is 0 Å². The van der Waals surface area contributed by atoms with Crippen molar-refractivity contribution in [1.82, 2.24) is 0 Å². The molecule has 368 valence electrons. The summed E-state index contributed by atoms with van der Waals surface area (Å²) in [6.07, 6.45) is 37.4. The van der Waals surface area contributed by atoms with Crippen LogP contribution in [0.15, 0.2) is 48.6 Å². The van der Waals surface area contributed by atoms with Crippen LogP contribution in [0.1, 0.15) is 200 Å². The van der Waals surface area contributed by atoms with E-state index in [1.807, 2.05) is 0 Å². The molecule has 1 saturated carbocycles. The fourth-order valence-electron chi connectivity index (χ4n) is 7.52. The highest BCUT2D eigenvalue weighted by molar-refractivity contribution is 7.47. The molecule has 0 aromatic rings. The van der Waals surface area contributed by atoms with Crippen LogP contribution in [0.5, 0.6) is 0 Å². The lowest BCUT2D eigenvalue weighted by molar-refractivity contribution is -0.220. The number of carbonyl (C=O) groups is 1. The lowest BCUT2D eigenvalue weighted by atomic mass is 9.85. The van der Waals surface area contributed by atoms with Crippen molar-refractivity contribution in [1.29, 1.82) is 0 Å². The average Bonchev–Trinajstić information content (AvgIpc) is 3.27. The van der Waals surface area contributed by atoms with Crippen molar-refractivity contribution in [3.05, 3.63) is 48.6 Å². The van der Waals surface area contributed by atoms with Crippen molar-refractivity contribution in [2.45, 2.75) is 243 Å². The molecule has 6 unspecified atom stereocenters. The first kappa shape index (κ1) is 59.3. The molecule has 1 aliphatic rings. The van der Waals surface area contributed by atoms with Crippen molar-refractivity contribution >= 4 is 13.8 Å². The summed E-state index contributed by atoms with van der Waals surface area (Å²) in [6, 6.07) is 0. The van der Waals surface area contributed by atoms with Gasteiger partial charge in [-0.3, -0.25) is 13.8 Å². The van der Waals surface area contributed by atoms with Crippen LogP contribution in [0.25, 0.3) is 0 Å². The molecule has 1 fully saturated rings. The number of unbranched alkanes of at least 4 members (excludes halogenated alkanes) is 22. The van der Waals surface area contributed by atoms with Gasteiger partial charge >= 0.3 is 13.8 Å². The maximum Gasteiger partial charge on any atom is 0.472 e. The Bertz CT molecular complexity index is 1230. The molecule has 0 aromatic heterocycles. The zero-order valence-corrected chi connectivity index (χ0v) is 40.3. The molecule has 0 spiro atoms. The maximum atomic E-state index is 12.8. The number of carbonyl (C=O) groups excluding carboxylic acids is 1. The van der Waals surface area contributed by atoms with E-state index in [1.54, 1.807) is 0 Å². The molecule has 0 aromatic carbocycles. The van der Waals surface area contributed by atoms with E-state index < -0.39 is 63.1 Å². The number of hydrogen-bond acceptors (Lipinski definition) is 11. The molecule has 0 saturated heterocycles. The summed E-state index contributed by atoms with van der Waals surface area (Å²) in [7, 11) is -5.02. The van der Waals surface area contributed by atoms with E-state index in [0.29, 0.717) is 13.0 Å². The third-order valence-corrected chi connectivity index (χ3v) is 12.5. The van der Waals surface area contributed by atoms with Crippen molar-refractivity contribution in [2.24, 2.45) is 0 Å². The van der Waals surface area contributed by atoms with E-state index >= 15 is 0 Å². The predicted octanol–water partition coefficient (Wildman–Crippen LogP) is 10.8. The van der Waals surface area contributed by atoms with E-state index in [1.165, 1.54) is 96.3 Å². The van der Waals surface area contributed by atoms with Gasteiger partial charge in [-0.05, 0) is 51.4 Å². The van der Waals surface area contributed by atoms with Gasteiger partial charge in [0.25, 0.3) is 0 Å². The highest BCUT2D eigenvalue weighted by atomic mass is 31.2. The molecule has 0 radical (unpaired) electrons. The van der Waals surface area contributed by atoms with Gasteiger partial charge in [-0.1, -0.05) is 191 Å². The first-order valence-corrected chi connectivity index (χ1v) is 26.5. The number of allylic oxidation sites excluding steroid dienone is 8. The smallest absolute Gasteiger partial charge is 0.457 e. The van der Waals surface area contributed by atoms with E-state index in [2.05, 4.69) is 62.5 Å². The Morgan fingerprint density at radius 2 is 0.937 bits per heavy atom. The zero-order chi connectivity index (χ0) is 46.2. The highest BCUT2D eigenvalue weighted by Gasteiger charge is 2.51. The van der Waals surface area contributed by atoms with Crippen molar-refractivity contribution < 1.29 is 58.3 Å². The molecule has 0 bridgehead atoms. The summed E-state index contributed by atoms with van der Waals surface area (Å²) in [5.41, 5.74) is 0. The Labute approximate surface area is 382 Å². The van der Waals surface area contributed by atoms with Crippen molar-refractivity contribution in [3.63, 3.8) is 0 Å². The SMILES string of the molecule is CC/C=C\C/C=C\C/C=C\C/C=C\CCCCCCCCCOCC(COP(=O)(O)OC1C(O)C(O)C(O)C(O)C1O)OC(=O)CCCCCCCCCCCCCCCCCC. The molecule has 1 rings (SSSR count). The zero-order valence-electron chi connectivity index (χ0n) is 39.4. The van der Waals surface area contributed by atoms with Crippen molar-refractivity contribution in [2.75, 3.05) is 19.8 Å². The molecular formula is C50H91O12P. The number of rotatable bonds is 42. The Morgan fingerprint density at radius 1 is 0.524 bits per heavy atom. The first-order valence-electron chi connectivity index (χ1n) is 25.0. The van der Waals surface area contributed by atoms with Crippen LogP contribution >= 0.6 is 7.82 Å². The lowest BCUT2D eigenvalue weighted by Gasteiger charge is -2.41. The third kappa shape index (κ3) is 32.6. The van der Waals surface area contributed by atoms with Gasteiger partial charge in [0.1, 0.15) is 42.7 Å². The molecule has 1 aliphatic carbocycles. The van der Waals surface area contributed by atoms with Crippen LogP contribution in [-0.4, -0.2) is 98.9 Å². The Balaban J connectivity index is 2.36. The first-order chi connectivity index (χ1) is 30.5. The number of hydrogen-bond donors (Lipinski definition) is 6. The molecular weight excluding hydrogens is 824 g/mol. The largest absolute Gasteiger partial charge is 0.472 e. The van der Waals surface area contributed by atoms with Crippen LogP contribution in [0.3, 0.4) is 0 Å². The summed E-state index contributed by atoms with van der Waals surface area (Å²) in [5.74, 6) is -0.480. The summed E-state index contributed by atoms with van der Waals surface area (Å²) in [5, 5.41) is 50.3. The standard InChI is InChI=1S/C50H91O12P/c1-3-5-7-9-11-13-15-17-19-21-22-23-24-26-28-30-32-34-36-38-40-59-41-43(42-60-63(57,58)62-50-48(55)46(53)45(52)47(54)49(50)56)61-44(51)39-37-35-33-31-29-27-25-20-18-16-14-12-10-8-6-4-2/h5,7,11,13,17,19,22-23,43,45-50,52-56H,3-4,6,8-10,12,14-16,18,20-21,24-42H2,1-2H3,(H,57,58)/b7-5-,13-11-,19-17-,23-22-. The van der Waals surface area contributed by atoms with Gasteiger partial charge in [0.05, 0.1) is 13.2 Å². The van der Waals surface area contributed by atoms with Gasteiger partial charge in [-0.15, -0.1) is 0 Å². The van der Waals surface area contributed by atoms with Crippen molar-refractivity contribution in [3.8, 4) is 0 Å².